The third-order valence-corrected chi connectivity index (χ3v) is 13.6. The van der Waals surface area contributed by atoms with Gasteiger partial charge in [-0.05, 0) is 68.4 Å². The maximum atomic E-state index is 14.7. The van der Waals surface area contributed by atoms with Gasteiger partial charge in [0.1, 0.15) is 41.3 Å². The number of benzene rings is 1. The van der Waals surface area contributed by atoms with E-state index < -0.39 is 80.1 Å². The van der Waals surface area contributed by atoms with Crippen LogP contribution in [0.4, 0.5) is 4.79 Å². The highest BCUT2D eigenvalue weighted by Crippen LogP contribution is 2.46. The number of nitrogens with one attached hydrogen (secondary N) is 3. The minimum Gasteiger partial charge on any atom is -0.497 e. The first-order valence-corrected chi connectivity index (χ1v) is 20.9. The Balaban J connectivity index is 1.24. The fourth-order valence-electron chi connectivity index (χ4n) is 7.95. The quantitative estimate of drug-likeness (QED) is 0.348. The Bertz CT molecular complexity index is 2000. The fraction of sp³-hybridized carbons (Fsp3) is 0.641. The zero-order valence-corrected chi connectivity index (χ0v) is 32.9. The van der Waals surface area contributed by atoms with Gasteiger partial charge < -0.3 is 29.7 Å². The maximum Gasteiger partial charge on any atom is 0.408 e. The normalized spacial score (nSPS) is 31.3. The van der Waals surface area contributed by atoms with Crippen molar-refractivity contribution in [2.45, 2.75) is 121 Å². The van der Waals surface area contributed by atoms with Gasteiger partial charge in [0.25, 0.3) is 5.91 Å². The molecule has 1 saturated heterocycles. The Morgan fingerprint density at radius 1 is 1.07 bits per heavy atom. The molecule has 3 heterocycles. The van der Waals surface area contributed by atoms with E-state index in [0.29, 0.717) is 47.6 Å². The van der Waals surface area contributed by atoms with Gasteiger partial charge in [0.15, 0.2) is 0 Å². The van der Waals surface area contributed by atoms with E-state index in [-0.39, 0.29) is 25.0 Å². The van der Waals surface area contributed by atoms with Crippen LogP contribution in [-0.2, 0) is 35.6 Å². The topological polar surface area (TPSA) is 195 Å². The summed E-state index contributed by atoms with van der Waals surface area (Å²) < 4.78 is 45.6. The number of hydrogen-bond donors (Lipinski definition) is 3. The largest absolute Gasteiger partial charge is 0.497 e. The second kappa shape index (κ2) is 14.6. The van der Waals surface area contributed by atoms with Gasteiger partial charge in [0, 0.05) is 17.9 Å². The molecule has 8 unspecified atom stereocenters. The number of carbonyl (C=O) groups excluding carboxylic acids is 4. The predicted octanol–water partition coefficient (Wildman–Crippen LogP) is 3.55. The molecule has 3 saturated carbocycles. The minimum absolute atomic E-state index is 0.0521. The molecule has 5 aliphatic rings. The summed E-state index contributed by atoms with van der Waals surface area (Å²) in [6.45, 7) is 11.0. The minimum atomic E-state index is -3.91. The second-order valence-corrected chi connectivity index (χ2v) is 18.9. The Hall–Kier alpha value is -4.47. The Kier molecular flexibility index (Phi) is 10.3. The van der Waals surface area contributed by atoms with Crippen LogP contribution >= 0.6 is 0 Å². The summed E-state index contributed by atoms with van der Waals surface area (Å²) in [4.78, 5) is 67.4. The van der Waals surface area contributed by atoms with E-state index in [0.717, 1.165) is 32.1 Å². The van der Waals surface area contributed by atoms with Gasteiger partial charge >= 0.3 is 6.09 Å². The first kappa shape index (κ1) is 38.8. The van der Waals surface area contributed by atoms with Crippen molar-refractivity contribution in [2.75, 3.05) is 13.7 Å². The molecule has 55 heavy (non-hydrogen) atoms. The first-order chi connectivity index (χ1) is 26.0. The van der Waals surface area contributed by atoms with Gasteiger partial charge in [0.05, 0.1) is 29.9 Å². The van der Waals surface area contributed by atoms with Gasteiger partial charge in [-0.1, -0.05) is 46.6 Å². The van der Waals surface area contributed by atoms with E-state index in [1.54, 1.807) is 20.1 Å². The Morgan fingerprint density at radius 2 is 1.84 bits per heavy atom. The lowest BCUT2D eigenvalue weighted by Crippen LogP contribution is -2.61. The molecule has 7 rings (SSSR count). The fourth-order valence-corrected chi connectivity index (χ4v) is 9.32. The molecule has 0 spiro atoms. The van der Waals surface area contributed by atoms with Crippen LogP contribution in [0.15, 0.2) is 30.9 Å². The van der Waals surface area contributed by atoms with Crippen LogP contribution in [-0.4, -0.2) is 95.8 Å². The zero-order chi connectivity index (χ0) is 39.4. The van der Waals surface area contributed by atoms with E-state index >= 15 is 0 Å². The van der Waals surface area contributed by atoms with Crippen molar-refractivity contribution in [3.8, 4) is 11.6 Å². The van der Waals surface area contributed by atoms with E-state index in [1.807, 2.05) is 32.9 Å². The van der Waals surface area contributed by atoms with E-state index in [2.05, 4.69) is 21.9 Å². The third-order valence-electron chi connectivity index (χ3n) is 11.7. The van der Waals surface area contributed by atoms with Crippen molar-refractivity contribution < 1.29 is 41.8 Å². The number of amides is 4. The number of sulfonamides is 1. The molecule has 4 fully saturated rings. The molecule has 1 aromatic carbocycles. The van der Waals surface area contributed by atoms with Crippen molar-refractivity contribution in [1.29, 1.82) is 0 Å². The zero-order valence-electron chi connectivity index (χ0n) is 32.1. The number of alkyl carbamates (subject to hydrolysis) is 1. The molecule has 3 N–H and O–H groups in total. The van der Waals surface area contributed by atoms with Crippen LogP contribution in [0.5, 0.6) is 11.6 Å². The number of aromatic nitrogens is 2. The summed E-state index contributed by atoms with van der Waals surface area (Å²) in [7, 11) is -2.34. The highest BCUT2D eigenvalue weighted by Gasteiger charge is 2.62. The van der Waals surface area contributed by atoms with E-state index in [9.17, 15) is 27.6 Å². The number of fused-ring (bicyclic) bond motifs is 5. The van der Waals surface area contributed by atoms with Gasteiger partial charge in [-0.3, -0.25) is 19.1 Å². The van der Waals surface area contributed by atoms with Crippen molar-refractivity contribution >= 4 is 44.9 Å². The number of nitrogens with zero attached hydrogens (tertiary/aromatic N) is 3. The Morgan fingerprint density at radius 3 is 2.51 bits per heavy atom. The molecule has 2 bridgehead atoms. The van der Waals surface area contributed by atoms with Crippen molar-refractivity contribution in [3.05, 3.63) is 36.5 Å². The van der Waals surface area contributed by atoms with Gasteiger partial charge in [-0.15, -0.1) is 6.58 Å². The van der Waals surface area contributed by atoms with Crippen LogP contribution < -0.4 is 24.8 Å². The SMILES string of the molecule is C=CC1CC1(NC(=O)C1C(C)C2CN1C(=O)C(C(C)(C)C)NC(=O)OC1CC1CCCCCc1nc3ccc(OC)cc3nc1O2)C(=O)NS(=O)(=O)C1CC1. The van der Waals surface area contributed by atoms with Crippen LogP contribution in [0.25, 0.3) is 11.0 Å². The van der Waals surface area contributed by atoms with Crippen molar-refractivity contribution in [2.24, 2.45) is 23.2 Å². The molecule has 298 valence electrons. The van der Waals surface area contributed by atoms with Crippen molar-refractivity contribution in [3.63, 3.8) is 0 Å². The molecule has 2 aromatic rings. The highest BCUT2D eigenvalue weighted by molar-refractivity contribution is 7.91. The van der Waals surface area contributed by atoms with Gasteiger partial charge in [-0.25, -0.2) is 23.2 Å². The molecule has 8 atom stereocenters. The number of methoxy groups -OCH3 is 1. The smallest absolute Gasteiger partial charge is 0.408 e. The van der Waals surface area contributed by atoms with E-state index in [4.69, 9.17) is 24.2 Å². The number of hydrogen-bond acceptors (Lipinski definition) is 11. The predicted molar refractivity (Wildman–Crippen MR) is 201 cm³/mol. The lowest BCUT2D eigenvalue weighted by molar-refractivity contribution is -0.143. The summed E-state index contributed by atoms with van der Waals surface area (Å²) in [5.74, 6) is -2.07. The average molecular weight is 781 g/mol. The highest BCUT2D eigenvalue weighted by atomic mass is 32.2. The molecular formula is C39H52N6O9S. The van der Waals surface area contributed by atoms with Crippen LogP contribution in [0.2, 0.25) is 0 Å². The maximum absolute atomic E-state index is 14.7. The number of carbonyl (C=O) groups is 4. The van der Waals surface area contributed by atoms with Crippen LogP contribution in [0, 0.1) is 23.2 Å². The lowest BCUT2D eigenvalue weighted by Gasteiger charge is -2.35. The molecule has 2 aliphatic heterocycles. The first-order valence-electron chi connectivity index (χ1n) is 19.3. The summed E-state index contributed by atoms with van der Waals surface area (Å²) in [6, 6.07) is 3.16. The Labute approximate surface area is 321 Å². The molecule has 4 amide bonds. The second-order valence-electron chi connectivity index (χ2n) is 16.9. The summed E-state index contributed by atoms with van der Waals surface area (Å²) in [5, 5.41) is 5.00. The number of rotatable bonds is 7. The average Bonchev–Trinajstić information content (AvgIpc) is 4.04. The molecule has 0 radical (unpaired) electrons. The molecule has 1 aromatic heterocycles. The molecular weight excluding hydrogens is 729 g/mol. The summed E-state index contributed by atoms with van der Waals surface area (Å²) >= 11 is 0. The number of aryl methyl sites for hydroxylation is 1. The molecule has 15 nitrogen and oxygen atoms in total. The van der Waals surface area contributed by atoms with Gasteiger partial charge in [-0.2, -0.15) is 0 Å². The van der Waals surface area contributed by atoms with Crippen LogP contribution in [0.3, 0.4) is 0 Å². The van der Waals surface area contributed by atoms with Crippen LogP contribution in [0.1, 0.15) is 84.8 Å². The van der Waals surface area contributed by atoms with Crippen molar-refractivity contribution in [1.82, 2.24) is 30.2 Å². The van der Waals surface area contributed by atoms with E-state index in [1.165, 1.54) is 11.0 Å². The standard InChI is InChI=1S/C39H52N6O9S/c1-7-23-19-39(23,36(48)44-55(50,51)25-14-15-25)43-33(46)31-21(2)30-20-45(31)35(47)32(38(3,4)5)42-37(49)54-29-17-22(29)11-9-8-10-12-27-34(53-30)41-28-18-24(52-6)13-16-26(28)40-27/h7,13,16,18,21-23,25,29-32H,1,8-12,14-15,17,19-20H2,2-6H3,(H,42,49)(H,43,46)(H,44,48). The molecule has 16 heteroatoms. The summed E-state index contributed by atoms with van der Waals surface area (Å²) in [5.41, 5.74) is -0.482. The monoisotopic (exact) mass is 780 g/mol. The van der Waals surface area contributed by atoms with Gasteiger partial charge in [0.2, 0.25) is 27.7 Å². The summed E-state index contributed by atoms with van der Waals surface area (Å²) in [6.07, 6.45) is 5.84. The molecule has 3 aliphatic carbocycles. The number of ether oxygens (including phenoxy) is 3. The third kappa shape index (κ3) is 7.96. The lowest BCUT2D eigenvalue weighted by atomic mass is 9.85.